The average Bonchev–Trinajstić information content (AvgIpc) is 2.94. The van der Waals surface area contributed by atoms with Crippen LogP contribution in [0.2, 0.25) is 0 Å². The van der Waals surface area contributed by atoms with Gasteiger partial charge in [0.25, 0.3) is 0 Å². The third kappa shape index (κ3) is 3.12. The molecule has 1 aromatic carbocycles. The quantitative estimate of drug-likeness (QED) is 0.850. The van der Waals surface area contributed by atoms with Gasteiger partial charge in [0.15, 0.2) is 0 Å². The number of rotatable bonds is 5. The van der Waals surface area contributed by atoms with Crippen molar-refractivity contribution in [3.63, 3.8) is 0 Å². The Morgan fingerprint density at radius 1 is 1.30 bits per heavy atom. The summed E-state index contributed by atoms with van der Waals surface area (Å²) in [5, 5.41) is 3.25. The molecule has 106 valence electrons. The molecule has 1 N–H and O–H groups in total. The molecular weight excluding hydrogens is 258 g/mol. The first-order chi connectivity index (χ1) is 9.63. The van der Waals surface area contributed by atoms with Gasteiger partial charge in [-0.2, -0.15) is 0 Å². The van der Waals surface area contributed by atoms with E-state index in [2.05, 4.69) is 10.1 Å². The van der Waals surface area contributed by atoms with E-state index in [1.807, 2.05) is 25.1 Å². The van der Waals surface area contributed by atoms with E-state index in [1.54, 1.807) is 13.2 Å². The fraction of sp³-hybridized carbons (Fsp3) is 0.267. The van der Waals surface area contributed by atoms with Crippen molar-refractivity contribution in [2.75, 3.05) is 19.5 Å². The molecule has 0 aliphatic carbocycles. The summed E-state index contributed by atoms with van der Waals surface area (Å²) in [5.74, 6) is 1.08. The molecule has 0 atom stereocenters. The Kier molecular flexibility index (Phi) is 4.30. The summed E-state index contributed by atoms with van der Waals surface area (Å²) < 4.78 is 15.1. The molecule has 20 heavy (non-hydrogen) atoms. The van der Waals surface area contributed by atoms with Crippen molar-refractivity contribution < 1.29 is 18.7 Å². The van der Waals surface area contributed by atoms with Crippen LogP contribution in [0.25, 0.3) is 0 Å². The molecule has 0 saturated carbocycles. The molecule has 0 amide bonds. The first kappa shape index (κ1) is 14.0. The van der Waals surface area contributed by atoms with E-state index in [-0.39, 0.29) is 0 Å². The third-order valence-corrected chi connectivity index (χ3v) is 2.96. The largest absolute Gasteiger partial charge is 0.497 e. The lowest BCUT2D eigenvalue weighted by atomic mass is 10.2. The van der Waals surface area contributed by atoms with Crippen LogP contribution in [0.4, 0.5) is 5.69 Å². The lowest BCUT2D eigenvalue weighted by molar-refractivity contribution is 0.0600. The van der Waals surface area contributed by atoms with Gasteiger partial charge in [-0.15, -0.1) is 0 Å². The standard InChI is InChI=1S/C15H17NO4/c1-10-6-12(18-2)4-5-14(10)16-8-13-7-11(9-20-13)15(17)19-3/h4-7,9,16H,8H2,1-3H3. The number of esters is 1. The molecule has 0 aliphatic rings. The smallest absolute Gasteiger partial charge is 0.341 e. The van der Waals surface area contributed by atoms with E-state index < -0.39 is 5.97 Å². The zero-order valence-corrected chi connectivity index (χ0v) is 11.7. The monoisotopic (exact) mass is 275 g/mol. The first-order valence-corrected chi connectivity index (χ1v) is 6.18. The number of furan rings is 1. The highest BCUT2D eigenvalue weighted by Gasteiger charge is 2.10. The van der Waals surface area contributed by atoms with Crippen molar-refractivity contribution in [3.05, 3.63) is 47.4 Å². The lowest BCUT2D eigenvalue weighted by Crippen LogP contribution is -2.01. The van der Waals surface area contributed by atoms with Gasteiger partial charge in [-0.3, -0.25) is 0 Å². The summed E-state index contributed by atoms with van der Waals surface area (Å²) in [4.78, 5) is 11.3. The van der Waals surface area contributed by atoms with Crippen molar-refractivity contribution in [2.24, 2.45) is 0 Å². The molecule has 0 unspecified atom stereocenters. The zero-order chi connectivity index (χ0) is 14.5. The van der Waals surface area contributed by atoms with Gasteiger partial charge >= 0.3 is 5.97 Å². The van der Waals surface area contributed by atoms with Crippen LogP contribution in [0.5, 0.6) is 5.75 Å². The Balaban J connectivity index is 2.01. The first-order valence-electron chi connectivity index (χ1n) is 6.18. The second-order valence-corrected chi connectivity index (χ2v) is 4.33. The van der Waals surface area contributed by atoms with Gasteiger partial charge in [-0.1, -0.05) is 0 Å². The fourth-order valence-corrected chi connectivity index (χ4v) is 1.84. The summed E-state index contributed by atoms with van der Waals surface area (Å²) in [6, 6.07) is 7.44. The van der Waals surface area contributed by atoms with E-state index in [4.69, 9.17) is 9.15 Å². The number of aryl methyl sites for hydroxylation is 1. The molecule has 0 radical (unpaired) electrons. The summed E-state index contributed by atoms with van der Waals surface area (Å²) in [6.07, 6.45) is 1.39. The third-order valence-electron chi connectivity index (χ3n) is 2.96. The van der Waals surface area contributed by atoms with Crippen LogP contribution in [-0.2, 0) is 11.3 Å². The number of carbonyl (C=O) groups excluding carboxylic acids is 1. The van der Waals surface area contributed by atoms with E-state index in [0.717, 1.165) is 17.0 Å². The Morgan fingerprint density at radius 3 is 2.75 bits per heavy atom. The molecule has 0 aliphatic heterocycles. The Morgan fingerprint density at radius 2 is 2.10 bits per heavy atom. The molecule has 0 saturated heterocycles. The summed E-state index contributed by atoms with van der Waals surface area (Å²) in [5.41, 5.74) is 2.47. The second kappa shape index (κ2) is 6.14. The zero-order valence-electron chi connectivity index (χ0n) is 11.7. The van der Waals surface area contributed by atoms with Crippen molar-refractivity contribution in [1.82, 2.24) is 0 Å². The minimum absolute atomic E-state index is 0.402. The summed E-state index contributed by atoms with van der Waals surface area (Å²) >= 11 is 0. The maximum absolute atomic E-state index is 11.3. The van der Waals surface area contributed by atoms with Crippen molar-refractivity contribution in [3.8, 4) is 5.75 Å². The molecule has 0 bridgehead atoms. The van der Waals surface area contributed by atoms with Gasteiger partial charge < -0.3 is 19.2 Å². The van der Waals surface area contributed by atoms with Gasteiger partial charge in [0, 0.05) is 5.69 Å². The van der Waals surface area contributed by atoms with E-state index in [1.165, 1.54) is 13.4 Å². The number of hydrogen-bond acceptors (Lipinski definition) is 5. The predicted octanol–water partition coefficient (Wildman–Crippen LogP) is 3.00. The second-order valence-electron chi connectivity index (χ2n) is 4.33. The molecule has 2 aromatic rings. The highest BCUT2D eigenvalue weighted by Crippen LogP contribution is 2.22. The van der Waals surface area contributed by atoms with Crippen molar-refractivity contribution in [1.29, 1.82) is 0 Å². The minimum Gasteiger partial charge on any atom is -0.497 e. The average molecular weight is 275 g/mol. The number of nitrogens with one attached hydrogen (secondary N) is 1. The van der Waals surface area contributed by atoms with E-state index in [0.29, 0.717) is 17.9 Å². The van der Waals surface area contributed by atoms with Crippen LogP contribution in [0.15, 0.2) is 34.9 Å². The molecule has 5 nitrogen and oxygen atoms in total. The summed E-state index contributed by atoms with van der Waals surface area (Å²) in [6.45, 7) is 2.48. The van der Waals surface area contributed by atoms with Gasteiger partial charge in [-0.05, 0) is 36.8 Å². The van der Waals surface area contributed by atoms with Crippen LogP contribution in [0, 0.1) is 6.92 Å². The number of benzene rings is 1. The van der Waals surface area contributed by atoms with Gasteiger partial charge in [0.1, 0.15) is 17.8 Å². The predicted molar refractivity (Wildman–Crippen MR) is 75.1 cm³/mol. The maximum Gasteiger partial charge on any atom is 0.341 e. The number of hydrogen-bond donors (Lipinski definition) is 1. The molecule has 5 heteroatoms. The maximum atomic E-state index is 11.3. The van der Waals surface area contributed by atoms with Crippen molar-refractivity contribution in [2.45, 2.75) is 13.5 Å². The molecule has 2 rings (SSSR count). The summed E-state index contributed by atoms with van der Waals surface area (Å²) in [7, 11) is 2.98. The molecule has 1 aromatic heterocycles. The lowest BCUT2D eigenvalue weighted by Gasteiger charge is -2.09. The van der Waals surface area contributed by atoms with Gasteiger partial charge in [-0.25, -0.2) is 4.79 Å². The van der Waals surface area contributed by atoms with Crippen molar-refractivity contribution >= 4 is 11.7 Å². The van der Waals surface area contributed by atoms with Gasteiger partial charge in [0.2, 0.25) is 0 Å². The number of carbonyl (C=O) groups is 1. The van der Waals surface area contributed by atoms with Crippen LogP contribution < -0.4 is 10.1 Å². The van der Waals surface area contributed by atoms with Crippen LogP contribution in [0.1, 0.15) is 21.7 Å². The molecular formula is C15H17NO4. The van der Waals surface area contributed by atoms with Crippen LogP contribution in [-0.4, -0.2) is 20.2 Å². The Bertz CT molecular complexity index is 604. The number of anilines is 1. The van der Waals surface area contributed by atoms with Crippen LogP contribution >= 0.6 is 0 Å². The minimum atomic E-state index is -0.402. The fourth-order valence-electron chi connectivity index (χ4n) is 1.84. The Hall–Kier alpha value is -2.43. The molecule has 1 heterocycles. The number of methoxy groups -OCH3 is 2. The van der Waals surface area contributed by atoms with E-state index >= 15 is 0 Å². The highest BCUT2D eigenvalue weighted by molar-refractivity contribution is 5.89. The number of ether oxygens (including phenoxy) is 2. The molecule has 0 spiro atoms. The van der Waals surface area contributed by atoms with E-state index in [9.17, 15) is 4.79 Å². The Labute approximate surface area is 117 Å². The SMILES string of the molecule is COC(=O)c1coc(CNc2ccc(OC)cc2C)c1. The van der Waals surface area contributed by atoms with Crippen LogP contribution in [0.3, 0.4) is 0 Å². The topological polar surface area (TPSA) is 60.7 Å². The highest BCUT2D eigenvalue weighted by atomic mass is 16.5. The van der Waals surface area contributed by atoms with Gasteiger partial charge in [0.05, 0.1) is 26.3 Å². The normalized spacial score (nSPS) is 10.2. The molecule has 0 fully saturated rings.